The summed E-state index contributed by atoms with van der Waals surface area (Å²) in [6.07, 6.45) is 1.16. The summed E-state index contributed by atoms with van der Waals surface area (Å²) in [5.74, 6) is 0.631. The Morgan fingerprint density at radius 2 is 2.41 bits per heavy atom. The van der Waals surface area contributed by atoms with Gasteiger partial charge in [0.1, 0.15) is 0 Å². The van der Waals surface area contributed by atoms with E-state index in [2.05, 4.69) is 33.2 Å². The Hall–Kier alpha value is -0.620. The smallest absolute Gasteiger partial charge is 0.252 e. The molecule has 4 heteroatoms. The van der Waals surface area contributed by atoms with Crippen molar-refractivity contribution in [2.45, 2.75) is 13.3 Å². The normalized spacial score (nSPS) is 19.3. The van der Waals surface area contributed by atoms with Gasteiger partial charge in [-0.15, -0.1) is 0 Å². The van der Waals surface area contributed by atoms with Crippen molar-refractivity contribution in [1.82, 2.24) is 10.6 Å². The molecule has 17 heavy (non-hydrogen) atoms. The Balaban J connectivity index is 1.97. The number of hydrogen-bond acceptors (Lipinski definition) is 2. The Bertz CT molecular complexity index is 414. The van der Waals surface area contributed by atoms with Gasteiger partial charge in [0.25, 0.3) is 5.91 Å². The largest absolute Gasteiger partial charge is 0.352 e. The lowest BCUT2D eigenvalue weighted by molar-refractivity contribution is 0.0947. The van der Waals surface area contributed by atoms with Crippen LogP contribution in [-0.2, 0) is 0 Å². The van der Waals surface area contributed by atoms with Gasteiger partial charge in [0, 0.05) is 10.1 Å². The van der Waals surface area contributed by atoms with Crippen molar-refractivity contribution in [1.29, 1.82) is 0 Å². The molecule has 3 nitrogen and oxygen atoms in total. The van der Waals surface area contributed by atoms with Gasteiger partial charge in [0.15, 0.2) is 0 Å². The van der Waals surface area contributed by atoms with E-state index < -0.39 is 0 Å². The molecule has 0 aliphatic carbocycles. The lowest BCUT2D eigenvalue weighted by Crippen LogP contribution is -2.30. The van der Waals surface area contributed by atoms with Crippen molar-refractivity contribution < 1.29 is 4.79 Å². The van der Waals surface area contributed by atoms with Crippen LogP contribution >= 0.6 is 22.6 Å². The van der Waals surface area contributed by atoms with Crippen molar-refractivity contribution in [2.24, 2.45) is 5.92 Å². The number of halogens is 1. The van der Waals surface area contributed by atoms with Gasteiger partial charge in [-0.2, -0.15) is 0 Å². The highest BCUT2D eigenvalue weighted by molar-refractivity contribution is 14.1. The van der Waals surface area contributed by atoms with Crippen molar-refractivity contribution in [3.05, 3.63) is 32.9 Å². The first-order valence-corrected chi connectivity index (χ1v) is 7.00. The van der Waals surface area contributed by atoms with Crippen molar-refractivity contribution in [2.75, 3.05) is 19.6 Å². The standard InChI is InChI=1S/C13H17IN2O/c1-9-3-2-4-11(12(9)14)13(17)16-8-10-5-6-15-7-10/h2-4,10,15H,5-8H2,1H3,(H,16,17). The molecule has 1 amide bonds. The highest BCUT2D eigenvalue weighted by Crippen LogP contribution is 2.16. The minimum Gasteiger partial charge on any atom is -0.352 e. The third-order valence-corrected chi connectivity index (χ3v) is 4.58. The van der Waals surface area contributed by atoms with Crippen LogP contribution < -0.4 is 10.6 Å². The highest BCUT2D eigenvalue weighted by atomic mass is 127. The molecule has 92 valence electrons. The molecule has 1 aliphatic rings. The number of amides is 1. The van der Waals surface area contributed by atoms with Crippen molar-refractivity contribution >= 4 is 28.5 Å². The predicted octanol–water partition coefficient (Wildman–Crippen LogP) is 1.94. The van der Waals surface area contributed by atoms with Crippen molar-refractivity contribution in [3.8, 4) is 0 Å². The van der Waals surface area contributed by atoms with E-state index in [0.29, 0.717) is 5.92 Å². The lowest BCUT2D eigenvalue weighted by Gasteiger charge is -2.11. The summed E-state index contributed by atoms with van der Waals surface area (Å²) >= 11 is 2.23. The molecule has 0 bridgehead atoms. The summed E-state index contributed by atoms with van der Waals surface area (Å²) in [7, 11) is 0. The molecular weight excluding hydrogens is 327 g/mol. The molecule has 0 radical (unpaired) electrons. The van der Waals surface area contributed by atoms with Crippen molar-refractivity contribution in [3.63, 3.8) is 0 Å². The van der Waals surface area contributed by atoms with Gasteiger partial charge in [-0.05, 0) is 66.6 Å². The SMILES string of the molecule is Cc1cccc(C(=O)NCC2CCNC2)c1I. The van der Waals surface area contributed by atoms with Crippen LogP contribution in [0.4, 0.5) is 0 Å². The summed E-state index contributed by atoms with van der Waals surface area (Å²) in [5, 5.41) is 6.33. The summed E-state index contributed by atoms with van der Waals surface area (Å²) in [5.41, 5.74) is 1.94. The quantitative estimate of drug-likeness (QED) is 0.823. The van der Waals surface area contributed by atoms with Crippen LogP contribution in [0.3, 0.4) is 0 Å². The van der Waals surface area contributed by atoms with Gasteiger partial charge >= 0.3 is 0 Å². The Labute approximate surface area is 116 Å². The summed E-state index contributed by atoms with van der Waals surface area (Å²) in [6.45, 7) is 4.89. The summed E-state index contributed by atoms with van der Waals surface area (Å²) < 4.78 is 1.05. The molecular formula is C13H17IN2O. The van der Waals surface area contributed by atoms with Gasteiger partial charge < -0.3 is 10.6 Å². The topological polar surface area (TPSA) is 41.1 Å². The number of rotatable bonds is 3. The number of carbonyl (C=O) groups excluding carboxylic acids is 1. The minimum absolute atomic E-state index is 0.0463. The van der Waals surface area contributed by atoms with E-state index in [1.807, 2.05) is 25.1 Å². The predicted molar refractivity (Wildman–Crippen MR) is 77.2 cm³/mol. The zero-order valence-corrected chi connectivity index (χ0v) is 12.1. The zero-order valence-electron chi connectivity index (χ0n) is 9.92. The first-order valence-electron chi connectivity index (χ1n) is 5.92. The molecule has 1 aromatic carbocycles. The first kappa shape index (κ1) is 12.8. The van der Waals surface area contributed by atoms with Gasteiger partial charge in [0.2, 0.25) is 0 Å². The fourth-order valence-electron chi connectivity index (χ4n) is 2.04. The van der Waals surface area contributed by atoms with E-state index in [1.54, 1.807) is 0 Å². The van der Waals surface area contributed by atoms with E-state index in [1.165, 1.54) is 0 Å². The molecule has 1 atom stereocenters. The molecule has 1 aromatic rings. The van der Waals surface area contributed by atoms with Gasteiger partial charge in [-0.3, -0.25) is 4.79 Å². The zero-order chi connectivity index (χ0) is 12.3. The van der Waals surface area contributed by atoms with Gasteiger partial charge in [-0.1, -0.05) is 12.1 Å². The van der Waals surface area contributed by atoms with E-state index in [-0.39, 0.29) is 5.91 Å². The summed E-state index contributed by atoms with van der Waals surface area (Å²) in [6, 6.07) is 5.85. The molecule has 2 rings (SSSR count). The van der Waals surface area contributed by atoms with Crippen LogP contribution in [0, 0.1) is 16.4 Å². The molecule has 0 aromatic heterocycles. The monoisotopic (exact) mass is 344 g/mol. The molecule has 1 saturated heterocycles. The van der Waals surface area contributed by atoms with Crippen LogP contribution in [0.15, 0.2) is 18.2 Å². The van der Waals surface area contributed by atoms with Crippen LogP contribution in [-0.4, -0.2) is 25.5 Å². The number of aryl methyl sites for hydroxylation is 1. The molecule has 2 N–H and O–H groups in total. The molecule has 1 heterocycles. The van der Waals surface area contributed by atoms with Crippen LogP contribution in [0.2, 0.25) is 0 Å². The average Bonchev–Trinajstić information content (AvgIpc) is 2.82. The third-order valence-electron chi connectivity index (χ3n) is 3.15. The second-order valence-corrected chi connectivity index (χ2v) is 5.58. The van der Waals surface area contributed by atoms with E-state index in [0.717, 1.165) is 40.8 Å². The third kappa shape index (κ3) is 3.19. The Morgan fingerprint density at radius 3 is 3.12 bits per heavy atom. The maximum absolute atomic E-state index is 12.0. The van der Waals surface area contributed by atoms with Crippen LogP contribution in [0.25, 0.3) is 0 Å². The lowest BCUT2D eigenvalue weighted by atomic mass is 10.1. The van der Waals surface area contributed by atoms with E-state index in [9.17, 15) is 4.79 Å². The Morgan fingerprint density at radius 1 is 1.59 bits per heavy atom. The average molecular weight is 344 g/mol. The molecule has 1 aliphatic heterocycles. The molecule has 1 fully saturated rings. The van der Waals surface area contributed by atoms with E-state index >= 15 is 0 Å². The summed E-state index contributed by atoms with van der Waals surface area (Å²) in [4.78, 5) is 12.0. The van der Waals surface area contributed by atoms with Crippen LogP contribution in [0.1, 0.15) is 22.3 Å². The van der Waals surface area contributed by atoms with Crippen LogP contribution in [0.5, 0.6) is 0 Å². The van der Waals surface area contributed by atoms with Gasteiger partial charge in [0.05, 0.1) is 5.56 Å². The maximum atomic E-state index is 12.0. The molecule has 0 spiro atoms. The Kier molecular flexibility index (Phi) is 4.39. The molecule has 0 saturated carbocycles. The fraction of sp³-hybridized carbons (Fsp3) is 0.462. The first-order chi connectivity index (χ1) is 8.18. The highest BCUT2D eigenvalue weighted by Gasteiger charge is 2.16. The fourth-order valence-corrected chi connectivity index (χ4v) is 2.65. The number of hydrogen-bond donors (Lipinski definition) is 2. The second-order valence-electron chi connectivity index (χ2n) is 4.51. The minimum atomic E-state index is 0.0463. The van der Waals surface area contributed by atoms with Gasteiger partial charge in [-0.25, -0.2) is 0 Å². The number of benzene rings is 1. The second kappa shape index (κ2) is 5.82. The number of nitrogens with one attached hydrogen (secondary N) is 2. The van der Waals surface area contributed by atoms with E-state index in [4.69, 9.17) is 0 Å². The molecule has 1 unspecified atom stereocenters. The number of carbonyl (C=O) groups is 1. The maximum Gasteiger partial charge on any atom is 0.252 e.